The number of hydrogen-bond donors (Lipinski definition) is 0. The minimum Gasteiger partial charge on any atom is -0.465 e. The van der Waals surface area contributed by atoms with E-state index in [1.807, 2.05) is 48.5 Å². The molecule has 1 heterocycles. The van der Waals surface area contributed by atoms with Crippen molar-refractivity contribution in [2.45, 2.75) is 139 Å². The van der Waals surface area contributed by atoms with Gasteiger partial charge in [-0.15, -0.1) is 0 Å². The highest BCUT2D eigenvalue weighted by molar-refractivity contribution is 5.95. The van der Waals surface area contributed by atoms with Crippen LogP contribution >= 0.6 is 0 Å². The monoisotopic (exact) mass is 1040 g/mol. The average molecular weight is 1040 g/mol. The standard InChI is InChI=1S/C37H43NO4.C31H34FNO2/c1-7-8-9-10-11-27-12-14-28(15-13-27)16-17-29-18-21-31(22-19-29)38(34(39)25-36(2,3)4)26-30-20-23-32-33(24-30)41-37(5,6)42-35(32)40;1-5-6-7-24-8-10-25(11-9-24)12-13-26-14-16-27(17-15-26)22-33(21-23(2)3)28-18-19-30(32)29(20-28)31(34)35-4/h12-15,18-24H,7-11,25-26H2,1-6H3;8-11,14-20,23H,5-7,21-22H2,1-4H3. The number of hydrogen-bond acceptors (Lipinski definition) is 7. The van der Waals surface area contributed by atoms with Crippen molar-refractivity contribution in [3.63, 3.8) is 0 Å². The molecule has 0 aromatic heterocycles. The van der Waals surface area contributed by atoms with Gasteiger partial charge >= 0.3 is 11.9 Å². The molecule has 0 unspecified atom stereocenters. The Kier molecular flexibility index (Phi) is 21.3. The molecule has 0 N–H and O–H groups in total. The number of benzene rings is 6. The fraction of sp³-hybridized carbons (Fsp3) is 0.368. The topological polar surface area (TPSA) is 85.4 Å². The van der Waals surface area contributed by atoms with Gasteiger partial charge < -0.3 is 24.0 Å². The summed E-state index contributed by atoms with van der Waals surface area (Å²) in [7, 11) is 1.26. The first kappa shape index (κ1) is 58.6. The van der Waals surface area contributed by atoms with Crippen LogP contribution in [-0.4, -0.2) is 37.3 Å². The number of unbranched alkanes of at least 4 members (excludes halogenated alkanes) is 4. The molecule has 0 bridgehead atoms. The van der Waals surface area contributed by atoms with E-state index in [-0.39, 0.29) is 16.9 Å². The lowest BCUT2D eigenvalue weighted by Crippen LogP contribution is -2.39. The molecule has 0 atom stereocenters. The third-order valence-corrected chi connectivity index (χ3v) is 12.8. The number of carbonyl (C=O) groups is 3. The number of fused-ring (bicyclic) bond motifs is 1. The summed E-state index contributed by atoms with van der Waals surface area (Å²) in [6.07, 6.45) is 10.1. The van der Waals surface area contributed by atoms with Gasteiger partial charge in [0.2, 0.25) is 11.7 Å². The molecule has 77 heavy (non-hydrogen) atoms. The van der Waals surface area contributed by atoms with Gasteiger partial charge in [0, 0.05) is 67.0 Å². The predicted octanol–water partition coefficient (Wildman–Crippen LogP) is 15.5. The van der Waals surface area contributed by atoms with Crippen molar-refractivity contribution in [1.82, 2.24) is 0 Å². The van der Waals surface area contributed by atoms with Crippen LogP contribution in [0.4, 0.5) is 15.8 Å². The van der Waals surface area contributed by atoms with Crippen molar-refractivity contribution in [1.29, 1.82) is 0 Å². The average Bonchev–Trinajstić information content (AvgIpc) is 3.40. The molecule has 0 saturated carbocycles. The molecule has 6 aromatic carbocycles. The van der Waals surface area contributed by atoms with Gasteiger partial charge in [0.1, 0.15) is 17.1 Å². The van der Waals surface area contributed by atoms with Crippen molar-refractivity contribution in [3.8, 4) is 29.4 Å². The molecule has 7 rings (SSSR count). The number of halogens is 1. The number of carbonyl (C=O) groups excluding carboxylic acids is 3. The zero-order chi connectivity index (χ0) is 55.5. The van der Waals surface area contributed by atoms with E-state index in [0.717, 1.165) is 64.1 Å². The van der Waals surface area contributed by atoms with Gasteiger partial charge in [0.05, 0.1) is 19.2 Å². The second-order valence-corrected chi connectivity index (χ2v) is 21.9. The van der Waals surface area contributed by atoms with E-state index in [4.69, 9.17) is 14.2 Å². The number of esters is 2. The van der Waals surface area contributed by atoms with Crippen LogP contribution in [0.1, 0.15) is 172 Å². The Bertz CT molecular complexity index is 3040. The van der Waals surface area contributed by atoms with Crippen LogP contribution in [0.5, 0.6) is 5.75 Å². The summed E-state index contributed by atoms with van der Waals surface area (Å²) in [6.45, 7) is 20.0. The summed E-state index contributed by atoms with van der Waals surface area (Å²) >= 11 is 0. The largest absolute Gasteiger partial charge is 0.465 e. The van der Waals surface area contributed by atoms with Crippen molar-refractivity contribution < 1.29 is 33.0 Å². The third-order valence-electron chi connectivity index (χ3n) is 12.8. The Balaban J connectivity index is 0.000000254. The molecule has 0 aliphatic carbocycles. The molecule has 402 valence electrons. The van der Waals surface area contributed by atoms with E-state index >= 15 is 0 Å². The summed E-state index contributed by atoms with van der Waals surface area (Å²) in [6, 6.07) is 43.0. The van der Waals surface area contributed by atoms with Crippen LogP contribution in [0.15, 0.2) is 133 Å². The number of anilines is 2. The quantitative estimate of drug-likeness (QED) is 0.0482. The van der Waals surface area contributed by atoms with E-state index in [9.17, 15) is 18.8 Å². The maximum atomic E-state index is 14.1. The summed E-state index contributed by atoms with van der Waals surface area (Å²) in [5, 5.41) is 0. The lowest BCUT2D eigenvalue weighted by Gasteiger charge is -2.32. The van der Waals surface area contributed by atoms with Gasteiger partial charge in [0.15, 0.2) is 0 Å². The van der Waals surface area contributed by atoms with Gasteiger partial charge in [0.25, 0.3) is 0 Å². The molecule has 0 fully saturated rings. The van der Waals surface area contributed by atoms with Crippen LogP contribution in [0.3, 0.4) is 0 Å². The van der Waals surface area contributed by atoms with Crippen molar-refractivity contribution in [3.05, 3.63) is 195 Å². The second-order valence-electron chi connectivity index (χ2n) is 21.9. The fourth-order valence-electron chi connectivity index (χ4n) is 8.79. The van der Waals surface area contributed by atoms with E-state index < -0.39 is 23.5 Å². The lowest BCUT2D eigenvalue weighted by atomic mass is 9.91. The first-order valence-corrected chi connectivity index (χ1v) is 27.2. The highest BCUT2D eigenvalue weighted by Crippen LogP contribution is 2.33. The summed E-state index contributed by atoms with van der Waals surface area (Å²) in [5.41, 5.74) is 10.3. The first-order valence-electron chi connectivity index (χ1n) is 27.2. The molecule has 1 aliphatic rings. The minimum atomic E-state index is -1.04. The maximum Gasteiger partial charge on any atom is 0.345 e. The zero-order valence-electron chi connectivity index (χ0n) is 47.0. The van der Waals surface area contributed by atoms with E-state index in [0.29, 0.717) is 36.7 Å². The summed E-state index contributed by atoms with van der Waals surface area (Å²) in [5.74, 6) is 11.2. The molecule has 0 radical (unpaired) electrons. The van der Waals surface area contributed by atoms with Crippen molar-refractivity contribution in [2.75, 3.05) is 23.5 Å². The molecule has 8 nitrogen and oxygen atoms in total. The number of ether oxygens (including phenoxy) is 3. The highest BCUT2D eigenvalue weighted by Gasteiger charge is 2.34. The second kappa shape index (κ2) is 28.0. The molecule has 0 saturated heterocycles. The zero-order valence-corrected chi connectivity index (χ0v) is 47.0. The Morgan fingerprint density at radius 1 is 0.623 bits per heavy atom. The Morgan fingerprint density at radius 3 is 1.65 bits per heavy atom. The van der Waals surface area contributed by atoms with Crippen LogP contribution in [-0.2, 0) is 40.2 Å². The molecule has 1 aliphatic heterocycles. The van der Waals surface area contributed by atoms with Crippen molar-refractivity contribution in [2.24, 2.45) is 11.3 Å². The van der Waals surface area contributed by atoms with Crippen LogP contribution in [0.2, 0.25) is 0 Å². The number of amides is 1. The number of rotatable bonds is 18. The highest BCUT2D eigenvalue weighted by atomic mass is 19.1. The summed E-state index contributed by atoms with van der Waals surface area (Å²) < 4.78 is 30.1. The van der Waals surface area contributed by atoms with Gasteiger partial charge in [-0.3, -0.25) is 4.79 Å². The molecular formula is C68H77FN2O6. The normalized spacial score (nSPS) is 12.3. The van der Waals surface area contributed by atoms with E-state index in [2.05, 4.69) is 138 Å². The molecule has 9 heteroatoms. The minimum absolute atomic E-state index is 0.0227. The van der Waals surface area contributed by atoms with Crippen LogP contribution in [0, 0.1) is 40.8 Å². The van der Waals surface area contributed by atoms with Crippen LogP contribution < -0.4 is 14.5 Å². The van der Waals surface area contributed by atoms with Gasteiger partial charge in [-0.1, -0.05) is 140 Å². The Labute approximate surface area is 458 Å². The Morgan fingerprint density at radius 2 is 1.13 bits per heavy atom. The first-order chi connectivity index (χ1) is 36.8. The van der Waals surface area contributed by atoms with E-state index in [1.165, 1.54) is 62.8 Å². The third kappa shape index (κ3) is 18.6. The van der Waals surface area contributed by atoms with Gasteiger partial charge in [-0.2, -0.15) is 0 Å². The maximum absolute atomic E-state index is 14.1. The smallest absolute Gasteiger partial charge is 0.345 e. The number of nitrogens with zero attached hydrogens (tertiary/aromatic N) is 2. The lowest BCUT2D eigenvalue weighted by molar-refractivity contribution is -0.127. The number of aryl methyl sites for hydroxylation is 2. The molecular weight excluding hydrogens is 960 g/mol. The molecule has 1 amide bonds. The molecule has 0 spiro atoms. The fourth-order valence-corrected chi connectivity index (χ4v) is 8.79. The predicted molar refractivity (Wildman–Crippen MR) is 310 cm³/mol. The SMILES string of the molecule is CCCCCCc1ccc(C#Cc2ccc(N(Cc3ccc4c(c3)OC(C)(C)OC4=O)C(=O)CC(C)(C)C)cc2)cc1.CCCCc1ccc(C#Cc2ccc(CN(CC(C)C)c3ccc(F)c(C(=O)OC)c3)cc2)cc1. The van der Waals surface area contributed by atoms with E-state index in [1.54, 1.807) is 36.9 Å². The Hall–Kier alpha value is -7.62. The number of methoxy groups -OCH3 is 1. The number of cyclic esters (lactones) is 1. The van der Waals surface area contributed by atoms with Gasteiger partial charge in [-0.25, -0.2) is 14.0 Å². The van der Waals surface area contributed by atoms with Crippen LogP contribution in [0.25, 0.3) is 0 Å². The van der Waals surface area contributed by atoms with Gasteiger partial charge in [-0.05, 0) is 150 Å². The van der Waals surface area contributed by atoms with Crippen molar-refractivity contribution >= 4 is 29.2 Å². The molecule has 6 aromatic rings. The summed E-state index contributed by atoms with van der Waals surface area (Å²) in [4.78, 5) is 41.8.